The Balaban J connectivity index is 2.10. The Hall–Kier alpha value is -1.75. The molecule has 1 amide bonds. The Labute approximate surface area is 126 Å². The van der Waals surface area contributed by atoms with Crippen LogP contribution in [0.4, 0.5) is 5.69 Å². The number of likely N-dealkylation sites (tertiary alicyclic amines) is 1. The molecule has 1 aliphatic rings. The number of carbonyl (C=O) groups is 1. The van der Waals surface area contributed by atoms with Crippen LogP contribution < -0.4 is 10.5 Å². The first-order chi connectivity index (χ1) is 10.1. The first-order valence-corrected chi connectivity index (χ1v) is 7.49. The number of amides is 1. The van der Waals surface area contributed by atoms with E-state index in [1.165, 1.54) is 6.42 Å². The molecule has 0 aliphatic carbocycles. The van der Waals surface area contributed by atoms with Crippen molar-refractivity contribution in [3.05, 3.63) is 23.8 Å². The summed E-state index contributed by atoms with van der Waals surface area (Å²) in [6, 6.07) is 5.62. The maximum absolute atomic E-state index is 12.6. The van der Waals surface area contributed by atoms with Crippen molar-refractivity contribution in [2.45, 2.75) is 25.8 Å². The summed E-state index contributed by atoms with van der Waals surface area (Å²) < 4.78 is 5.27. The molecule has 1 aromatic carbocycles. The second kappa shape index (κ2) is 6.80. The third-order valence-electron chi connectivity index (χ3n) is 4.19. The summed E-state index contributed by atoms with van der Waals surface area (Å²) in [4.78, 5) is 16.8. The van der Waals surface area contributed by atoms with Crippen molar-refractivity contribution in [2.75, 3.05) is 39.5 Å². The van der Waals surface area contributed by atoms with E-state index in [0.29, 0.717) is 23.0 Å². The summed E-state index contributed by atoms with van der Waals surface area (Å²) in [5.74, 6) is 0.530. The van der Waals surface area contributed by atoms with Crippen molar-refractivity contribution >= 4 is 11.6 Å². The van der Waals surface area contributed by atoms with Gasteiger partial charge < -0.3 is 15.4 Å². The van der Waals surface area contributed by atoms with E-state index in [2.05, 4.69) is 11.8 Å². The van der Waals surface area contributed by atoms with Gasteiger partial charge in [0.25, 0.3) is 5.91 Å². The van der Waals surface area contributed by atoms with E-state index in [-0.39, 0.29) is 5.91 Å². The number of rotatable bonds is 5. The molecule has 1 aromatic rings. The zero-order valence-electron chi connectivity index (χ0n) is 13.1. The van der Waals surface area contributed by atoms with Gasteiger partial charge in [-0.25, -0.2) is 0 Å². The van der Waals surface area contributed by atoms with Crippen molar-refractivity contribution in [3.8, 4) is 5.75 Å². The molecule has 0 radical (unpaired) electrons. The summed E-state index contributed by atoms with van der Waals surface area (Å²) in [6.07, 6.45) is 2.36. The quantitative estimate of drug-likeness (QED) is 0.841. The largest absolute Gasteiger partial charge is 0.496 e. The molecule has 0 spiro atoms. The lowest BCUT2D eigenvalue weighted by Crippen LogP contribution is -2.41. The number of hydrogen-bond acceptors (Lipinski definition) is 4. The van der Waals surface area contributed by atoms with Crippen LogP contribution in [0.15, 0.2) is 18.2 Å². The zero-order valence-corrected chi connectivity index (χ0v) is 13.1. The van der Waals surface area contributed by atoms with Crippen LogP contribution in [-0.4, -0.2) is 55.5 Å². The molecule has 5 nitrogen and oxygen atoms in total. The third kappa shape index (κ3) is 3.47. The first kappa shape index (κ1) is 15.6. The van der Waals surface area contributed by atoms with E-state index >= 15 is 0 Å². The highest BCUT2D eigenvalue weighted by molar-refractivity contribution is 5.97. The normalized spacial score (nSPS) is 18.7. The minimum absolute atomic E-state index is 0.0397. The predicted octanol–water partition coefficient (Wildman–Crippen LogP) is 1.83. The van der Waals surface area contributed by atoms with Crippen LogP contribution in [0.1, 0.15) is 30.1 Å². The van der Waals surface area contributed by atoms with Gasteiger partial charge in [0.1, 0.15) is 5.75 Å². The Kier molecular flexibility index (Phi) is 5.07. The number of likely N-dealkylation sites (N-methyl/N-ethyl adjacent to an activating group) is 2. The fourth-order valence-electron chi connectivity index (χ4n) is 3.02. The highest BCUT2D eigenvalue weighted by Gasteiger charge is 2.26. The first-order valence-electron chi connectivity index (χ1n) is 7.49. The molecule has 1 atom stereocenters. The van der Waals surface area contributed by atoms with Gasteiger partial charge in [-0.15, -0.1) is 0 Å². The van der Waals surface area contributed by atoms with Gasteiger partial charge in [0.2, 0.25) is 0 Å². The number of benzene rings is 1. The molecule has 5 heteroatoms. The maximum atomic E-state index is 12.6. The highest BCUT2D eigenvalue weighted by atomic mass is 16.5. The molecule has 0 saturated carbocycles. The molecule has 1 saturated heterocycles. The molecule has 21 heavy (non-hydrogen) atoms. The SMILES string of the molecule is CCN1CCCC1CN(C)C(=O)c1cc(N)ccc1OC. The lowest BCUT2D eigenvalue weighted by molar-refractivity contribution is 0.0751. The molecular formula is C16H25N3O2. The lowest BCUT2D eigenvalue weighted by atomic mass is 10.1. The van der Waals surface area contributed by atoms with Gasteiger partial charge in [0.05, 0.1) is 12.7 Å². The molecular weight excluding hydrogens is 266 g/mol. The van der Waals surface area contributed by atoms with Gasteiger partial charge in [0.15, 0.2) is 0 Å². The Morgan fingerprint density at radius 1 is 1.52 bits per heavy atom. The summed E-state index contributed by atoms with van der Waals surface area (Å²) >= 11 is 0. The molecule has 0 bridgehead atoms. The molecule has 1 unspecified atom stereocenters. The van der Waals surface area contributed by atoms with Crippen LogP contribution in [0.2, 0.25) is 0 Å². The second-order valence-electron chi connectivity index (χ2n) is 5.57. The number of nitrogen functional groups attached to an aromatic ring is 1. The van der Waals surface area contributed by atoms with Gasteiger partial charge in [-0.3, -0.25) is 9.69 Å². The molecule has 116 valence electrons. The minimum Gasteiger partial charge on any atom is -0.496 e. The average molecular weight is 291 g/mol. The van der Waals surface area contributed by atoms with E-state index in [4.69, 9.17) is 10.5 Å². The molecule has 0 aromatic heterocycles. The monoisotopic (exact) mass is 291 g/mol. The van der Waals surface area contributed by atoms with Crippen LogP contribution in [0.5, 0.6) is 5.75 Å². The van der Waals surface area contributed by atoms with Gasteiger partial charge in [-0.2, -0.15) is 0 Å². The Morgan fingerprint density at radius 2 is 2.29 bits per heavy atom. The van der Waals surface area contributed by atoms with E-state index in [1.807, 2.05) is 7.05 Å². The van der Waals surface area contributed by atoms with Crippen LogP contribution in [0.25, 0.3) is 0 Å². The third-order valence-corrected chi connectivity index (χ3v) is 4.19. The van der Waals surface area contributed by atoms with Gasteiger partial charge in [0, 0.05) is 25.3 Å². The summed E-state index contributed by atoms with van der Waals surface area (Å²) in [6.45, 7) is 5.07. The molecule has 1 aliphatic heterocycles. The summed E-state index contributed by atoms with van der Waals surface area (Å²) in [5.41, 5.74) is 6.89. The van der Waals surface area contributed by atoms with E-state index in [9.17, 15) is 4.79 Å². The van der Waals surface area contributed by atoms with Gasteiger partial charge in [-0.05, 0) is 44.1 Å². The number of nitrogens with two attached hydrogens (primary N) is 1. The standard InChI is InChI=1S/C16H25N3O2/c1-4-19-9-5-6-13(19)11-18(2)16(20)14-10-12(17)7-8-15(14)21-3/h7-8,10,13H,4-6,9,11,17H2,1-3H3. The predicted molar refractivity (Wildman–Crippen MR) is 84.6 cm³/mol. The number of ether oxygens (including phenoxy) is 1. The van der Waals surface area contributed by atoms with Crippen LogP contribution >= 0.6 is 0 Å². The number of carbonyl (C=O) groups excluding carboxylic acids is 1. The average Bonchev–Trinajstić information content (AvgIpc) is 2.93. The summed E-state index contributed by atoms with van der Waals surface area (Å²) in [7, 11) is 3.41. The fraction of sp³-hybridized carbons (Fsp3) is 0.562. The number of anilines is 1. The Bertz CT molecular complexity index is 504. The number of hydrogen-bond donors (Lipinski definition) is 1. The van der Waals surface area contributed by atoms with E-state index in [0.717, 1.165) is 26.1 Å². The zero-order chi connectivity index (χ0) is 15.4. The molecule has 2 rings (SSSR count). The smallest absolute Gasteiger partial charge is 0.257 e. The summed E-state index contributed by atoms with van der Waals surface area (Å²) in [5, 5.41) is 0. The second-order valence-corrected chi connectivity index (χ2v) is 5.57. The number of methoxy groups -OCH3 is 1. The molecule has 1 fully saturated rings. The van der Waals surface area contributed by atoms with Crippen molar-refractivity contribution in [2.24, 2.45) is 0 Å². The van der Waals surface area contributed by atoms with Crippen molar-refractivity contribution in [1.82, 2.24) is 9.80 Å². The highest BCUT2D eigenvalue weighted by Crippen LogP contribution is 2.24. The van der Waals surface area contributed by atoms with Crippen LogP contribution in [0, 0.1) is 0 Å². The lowest BCUT2D eigenvalue weighted by Gasteiger charge is -2.28. The fourth-order valence-corrected chi connectivity index (χ4v) is 3.02. The van der Waals surface area contributed by atoms with Gasteiger partial charge in [-0.1, -0.05) is 6.92 Å². The van der Waals surface area contributed by atoms with Crippen LogP contribution in [0.3, 0.4) is 0 Å². The Morgan fingerprint density at radius 3 is 2.95 bits per heavy atom. The van der Waals surface area contributed by atoms with Crippen molar-refractivity contribution < 1.29 is 9.53 Å². The van der Waals surface area contributed by atoms with Crippen LogP contribution in [-0.2, 0) is 0 Å². The maximum Gasteiger partial charge on any atom is 0.257 e. The van der Waals surface area contributed by atoms with E-state index in [1.54, 1.807) is 30.2 Å². The molecule has 2 N–H and O–H groups in total. The number of nitrogens with zero attached hydrogens (tertiary/aromatic N) is 2. The van der Waals surface area contributed by atoms with Crippen molar-refractivity contribution in [1.29, 1.82) is 0 Å². The molecule has 1 heterocycles. The van der Waals surface area contributed by atoms with Gasteiger partial charge >= 0.3 is 0 Å². The topological polar surface area (TPSA) is 58.8 Å². The minimum atomic E-state index is -0.0397. The van der Waals surface area contributed by atoms with Crippen molar-refractivity contribution in [3.63, 3.8) is 0 Å². The van der Waals surface area contributed by atoms with E-state index < -0.39 is 0 Å².